The number of anilines is 3. The van der Waals surface area contributed by atoms with Gasteiger partial charge >= 0.3 is 0 Å². The summed E-state index contributed by atoms with van der Waals surface area (Å²) in [7, 11) is 1.66. The molecule has 0 atom stereocenters. The smallest absolute Gasteiger partial charge is 0.224 e. The Morgan fingerprint density at radius 1 is 1.13 bits per heavy atom. The molecule has 3 aromatic rings. The van der Waals surface area contributed by atoms with Gasteiger partial charge in [-0.25, -0.2) is 4.98 Å². The van der Waals surface area contributed by atoms with E-state index in [-0.39, 0.29) is 5.91 Å². The van der Waals surface area contributed by atoms with Crippen molar-refractivity contribution in [3.63, 3.8) is 0 Å². The molecule has 0 unspecified atom stereocenters. The third kappa shape index (κ3) is 5.19. The number of carbonyl (C=O) groups excluding carboxylic acids is 1. The number of aromatic nitrogens is 1. The van der Waals surface area contributed by atoms with Gasteiger partial charge in [0.2, 0.25) is 5.91 Å². The second kappa shape index (κ2) is 9.76. The van der Waals surface area contributed by atoms with E-state index in [4.69, 9.17) is 4.74 Å². The van der Waals surface area contributed by atoms with E-state index >= 15 is 0 Å². The molecule has 1 saturated carbocycles. The van der Waals surface area contributed by atoms with Crippen molar-refractivity contribution in [1.82, 2.24) is 4.98 Å². The first-order chi connectivity index (χ1) is 14.7. The third-order valence-electron chi connectivity index (χ3n) is 5.57. The van der Waals surface area contributed by atoms with E-state index in [0.717, 1.165) is 45.9 Å². The van der Waals surface area contributed by atoms with Crippen LogP contribution in [0.4, 0.5) is 16.5 Å². The molecule has 1 fully saturated rings. The lowest BCUT2D eigenvalue weighted by Gasteiger charge is -2.09. The van der Waals surface area contributed by atoms with Crippen LogP contribution in [-0.2, 0) is 4.79 Å². The molecule has 6 heteroatoms. The fraction of sp³-hybridized carbons (Fsp3) is 0.333. The number of nitrogens with one attached hydrogen (secondary N) is 2. The number of rotatable bonds is 8. The number of methoxy groups -OCH3 is 1. The Kier molecular flexibility index (Phi) is 6.64. The van der Waals surface area contributed by atoms with Gasteiger partial charge in [-0.2, -0.15) is 0 Å². The maximum atomic E-state index is 12.2. The first kappa shape index (κ1) is 20.4. The van der Waals surface area contributed by atoms with Gasteiger partial charge in [0.05, 0.1) is 18.5 Å². The summed E-state index contributed by atoms with van der Waals surface area (Å²) in [6, 6.07) is 15.6. The van der Waals surface area contributed by atoms with E-state index in [1.165, 1.54) is 25.7 Å². The Labute approximate surface area is 181 Å². The Morgan fingerprint density at radius 2 is 1.90 bits per heavy atom. The van der Waals surface area contributed by atoms with Gasteiger partial charge in [0.1, 0.15) is 5.75 Å². The highest BCUT2D eigenvalue weighted by molar-refractivity contribution is 7.14. The number of hydrogen-bond donors (Lipinski definition) is 2. The summed E-state index contributed by atoms with van der Waals surface area (Å²) < 4.78 is 5.38. The van der Waals surface area contributed by atoms with Gasteiger partial charge in [0, 0.05) is 23.1 Å². The normalized spacial score (nSPS) is 13.9. The molecule has 1 aliphatic carbocycles. The number of carbonyl (C=O) groups is 1. The van der Waals surface area contributed by atoms with Crippen LogP contribution in [0.2, 0.25) is 0 Å². The fourth-order valence-electron chi connectivity index (χ4n) is 3.91. The van der Waals surface area contributed by atoms with E-state index in [1.807, 2.05) is 53.9 Å². The standard InChI is InChI=1S/C24H27N3O2S/c1-29-22-9-5-4-8-20(22)26-24-27-21(16-30-24)18-11-13-19(14-12-18)25-23(28)15-10-17-6-2-3-7-17/h4-5,8-9,11-14,16-17H,2-3,6-7,10,15H2,1H3,(H,25,28)(H,26,27). The quantitative estimate of drug-likeness (QED) is 0.437. The van der Waals surface area contributed by atoms with Crippen molar-refractivity contribution in [3.8, 4) is 17.0 Å². The molecule has 156 valence electrons. The number of amides is 1. The summed E-state index contributed by atoms with van der Waals surface area (Å²) in [5, 5.41) is 9.15. The van der Waals surface area contributed by atoms with Crippen molar-refractivity contribution in [2.45, 2.75) is 38.5 Å². The van der Waals surface area contributed by atoms with Crippen LogP contribution in [-0.4, -0.2) is 18.0 Å². The lowest BCUT2D eigenvalue weighted by atomic mass is 10.0. The van der Waals surface area contributed by atoms with Crippen molar-refractivity contribution in [2.24, 2.45) is 5.92 Å². The number of para-hydroxylation sites is 2. The van der Waals surface area contributed by atoms with Crippen LogP contribution in [0.15, 0.2) is 53.9 Å². The molecule has 0 radical (unpaired) electrons. The van der Waals surface area contributed by atoms with Crippen molar-refractivity contribution in [3.05, 3.63) is 53.9 Å². The molecule has 0 spiro atoms. The summed E-state index contributed by atoms with van der Waals surface area (Å²) in [5.41, 5.74) is 3.63. The summed E-state index contributed by atoms with van der Waals surface area (Å²) in [4.78, 5) is 16.9. The molecule has 30 heavy (non-hydrogen) atoms. The van der Waals surface area contributed by atoms with Gasteiger partial charge in [-0.1, -0.05) is 49.9 Å². The van der Waals surface area contributed by atoms with Gasteiger partial charge in [0.15, 0.2) is 5.13 Å². The van der Waals surface area contributed by atoms with Crippen LogP contribution in [0.3, 0.4) is 0 Å². The molecule has 0 saturated heterocycles. The molecule has 5 nitrogen and oxygen atoms in total. The summed E-state index contributed by atoms with van der Waals surface area (Å²) in [5.74, 6) is 1.62. The second-order valence-corrected chi connectivity index (χ2v) is 8.54. The number of thiazole rings is 1. The van der Waals surface area contributed by atoms with E-state index in [0.29, 0.717) is 6.42 Å². The minimum Gasteiger partial charge on any atom is -0.495 e. The monoisotopic (exact) mass is 421 g/mol. The summed E-state index contributed by atoms with van der Waals surface area (Å²) >= 11 is 1.54. The van der Waals surface area contributed by atoms with Gasteiger partial charge in [-0.15, -0.1) is 11.3 Å². The van der Waals surface area contributed by atoms with Crippen LogP contribution >= 0.6 is 11.3 Å². The number of hydrogen-bond acceptors (Lipinski definition) is 5. The molecular formula is C24H27N3O2S. The Hall–Kier alpha value is -2.86. The summed E-state index contributed by atoms with van der Waals surface area (Å²) in [6.07, 6.45) is 6.81. The molecule has 4 rings (SSSR count). The predicted octanol–water partition coefficient (Wildman–Crippen LogP) is 6.47. The maximum absolute atomic E-state index is 12.2. The Morgan fingerprint density at radius 3 is 2.67 bits per heavy atom. The SMILES string of the molecule is COc1ccccc1Nc1nc(-c2ccc(NC(=O)CCC3CCCC3)cc2)cs1. The molecule has 1 aromatic heterocycles. The number of benzene rings is 2. The molecule has 2 aromatic carbocycles. The van der Waals surface area contributed by atoms with Crippen molar-refractivity contribution >= 4 is 33.8 Å². The van der Waals surface area contributed by atoms with E-state index in [9.17, 15) is 4.79 Å². The predicted molar refractivity (Wildman–Crippen MR) is 124 cm³/mol. The zero-order valence-corrected chi connectivity index (χ0v) is 18.0. The highest BCUT2D eigenvalue weighted by Crippen LogP contribution is 2.32. The fourth-order valence-corrected chi connectivity index (χ4v) is 4.64. The molecular weight excluding hydrogens is 394 g/mol. The van der Waals surface area contributed by atoms with Gasteiger partial charge in [0.25, 0.3) is 0 Å². The van der Waals surface area contributed by atoms with E-state index < -0.39 is 0 Å². The van der Waals surface area contributed by atoms with E-state index in [2.05, 4.69) is 15.6 Å². The molecule has 2 N–H and O–H groups in total. The van der Waals surface area contributed by atoms with Crippen LogP contribution < -0.4 is 15.4 Å². The van der Waals surface area contributed by atoms with Crippen molar-refractivity contribution in [1.29, 1.82) is 0 Å². The van der Waals surface area contributed by atoms with Crippen LogP contribution in [0.1, 0.15) is 38.5 Å². The highest BCUT2D eigenvalue weighted by Gasteiger charge is 2.16. The lowest BCUT2D eigenvalue weighted by molar-refractivity contribution is -0.116. The zero-order chi connectivity index (χ0) is 20.8. The average molecular weight is 422 g/mol. The van der Waals surface area contributed by atoms with Crippen molar-refractivity contribution < 1.29 is 9.53 Å². The first-order valence-corrected chi connectivity index (χ1v) is 11.3. The Balaban J connectivity index is 1.34. The van der Waals surface area contributed by atoms with Crippen LogP contribution in [0.25, 0.3) is 11.3 Å². The van der Waals surface area contributed by atoms with Crippen molar-refractivity contribution in [2.75, 3.05) is 17.7 Å². The first-order valence-electron chi connectivity index (χ1n) is 10.5. The van der Waals surface area contributed by atoms with Gasteiger partial charge < -0.3 is 15.4 Å². The minimum atomic E-state index is 0.103. The maximum Gasteiger partial charge on any atom is 0.224 e. The van der Waals surface area contributed by atoms with Crippen LogP contribution in [0.5, 0.6) is 5.75 Å². The van der Waals surface area contributed by atoms with Crippen LogP contribution in [0, 0.1) is 5.92 Å². The average Bonchev–Trinajstić information content (AvgIpc) is 3.45. The molecule has 1 aliphatic rings. The molecule has 1 heterocycles. The van der Waals surface area contributed by atoms with Gasteiger partial charge in [-0.05, 0) is 36.6 Å². The summed E-state index contributed by atoms with van der Waals surface area (Å²) in [6.45, 7) is 0. The number of nitrogens with zero attached hydrogens (tertiary/aromatic N) is 1. The molecule has 0 bridgehead atoms. The third-order valence-corrected chi connectivity index (χ3v) is 6.33. The number of ether oxygens (including phenoxy) is 1. The molecule has 1 amide bonds. The molecule has 0 aliphatic heterocycles. The highest BCUT2D eigenvalue weighted by atomic mass is 32.1. The largest absolute Gasteiger partial charge is 0.495 e. The lowest BCUT2D eigenvalue weighted by Crippen LogP contribution is -2.12. The van der Waals surface area contributed by atoms with Gasteiger partial charge in [-0.3, -0.25) is 4.79 Å². The van der Waals surface area contributed by atoms with E-state index in [1.54, 1.807) is 18.4 Å². The minimum absolute atomic E-state index is 0.103. The topological polar surface area (TPSA) is 63.2 Å². The second-order valence-electron chi connectivity index (χ2n) is 7.68. The Bertz CT molecular complexity index is 978. The zero-order valence-electron chi connectivity index (χ0n) is 17.2.